The van der Waals surface area contributed by atoms with Crippen LogP contribution in [0.25, 0.3) is 0 Å². The number of nitrogens with zero attached hydrogens (tertiary/aromatic N) is 2. The summed E-state index contributed by atoms with van der Waals surface area (Å²) >= 11 is 0. The van der Waals surface area contributed by atoms with Crippen LogP contribution < -0.4 is 11.1 Å². The van der Waals surface area contributed by atoms with Gasteiger partial charge in [-0.2, -0.15) is 0 Å². The number of nitrogens with two attached hydrogens (primary N) is 1. The van der Waals surface area contributed by atoms with Crippen molar-refractivity contribution in [3.8, 4) is 0 Å². The summed E-state index contributed by atoms with van der Waals surface area (Å²) in [4.78, 5) is 28.4. The number of amides is 2. The Morgan fingerprint density at radius 1 is 0.885 bits per heavy atom. The third kappa shape index (κ3) is 5.68. The molecule has 3 aliphatic rings. The molecule has 2 aliphatic heterocycles. The number of hydrogen-bond acceptors (Lipinski definition) is 4. The van der Waals surface area contributed by atoms with E-state index in [-0.39, 0.29) is 17.7 Å². The summed E-state index contributed by atoms with van der Waals surface area (Å²) in [5.41, 5.74) is 5.26. The number of carbonyl (C=O) groups excluding carboxylic acids is 2. The molecular weight excluding hydrogens is 328 g/mol. The molecule has 3 N–H and O–H groups in total. The van der Waals surface area contributed by atoms with Gasteiger partial charge in [0.25, 0.3) is 0 Å². The van der Waals surface area contributed by atoms with E-state index in [1.54, 1.807) is 0 Å². The first-order chi connectivity index (χ1) is 12.6. The molecule has 0 aromatic rings. The zero-order chi connectivity index (χ0) is 18.4. The number of primary amides is 1. The van der Waals surface area contributed by atoms with Crippen LogP contribution in [0.1, 0.15) is 64.2 Å². The van der Waals surface area contributed by atoms with Crippen molar-refractivity contribution in [2.75, 3.05) is 32.7 Å². The summed E-state index contributed by atoms with van der Waals surface area (Å²) in [6.07, 6.45) is 12.1. The van der Waals surface area contributed by atoms with Gasteiger partial charge in [0.2, 0.25) is 11.8 Å². The number of piperidine rings is 2. The largest absolute Gasteiger partial charge is 0.369 e. The van der Waals surface area contributed by atoms with E-state index in [1.165, 1.54) is 51.5 Å². The highest BCUT2D eigenvalue weighted by Crippen LogP contribution is 2.25. The number of rotatable bonds is 5. The lowest BCUT2D eigenvalue weighted by molar-refractivity contribution is -0.127. The van der Waals surface area contributed by atoms with Gasteiger partial charge < -0.3 is 11.1 Å². The second-order valence-corrected chi connectivity index (χ2v) is 8.50. The monoisotopic (exact) mass is 364 g/mol. The number of likely N-dealkylation sites (tertiary alicyclic amines) is 2. The van der Waals surface area contributed by atoms with Gasteiger partial charge in [-0.05, 0) is 58.2 Å². The summed E-state index contributed by atoms with van der Waals surface area (Å²) in [5.74, 6) is 0.0255. The zero-order valence-electron chi connectivity index (χ0n) is 16.1. The van der Waals surface area contributed by atoms with Crippen LogP contribution in [0, 0.1) is 5.92 Å². The fourth-order valence-electron chi connectivity index (χ4n) is 4.97. The van der Waals surface area contributed by atoms with E-state index in [1.807, 2.05) is 0 Å². The van der Waals surface area contributed by atoms with Crippen molar-refractivity contribution in [2.45, 2.75) is 76.3 Å². The average Bonchev–Trinajstić information content (AvgIpc) is 2.91. The third-order valence-corrected chi connectivity index (χ3v) is 6.48. The Labute approximate surface area is 157 Å². The molecule has 1 saturated carbocycles. The van der Waals surface area contributed by atoms with Crippen LogP contribution in [0.2, 0.25) is 0 Å². The van der Waals surface area contributed by atoms with E-state index in [0.717, 1.165) is 44.9 Å². The second kappa shape index (κ2) is 9.70. The Morgan fingerprint density at radius 3 is 2.23 bits per heavy atom. The SMILES string of the molecule is NC(=O)CN1CCC(C(=O)N[C@@H]2CCCN(C3CCCCCC3)C2)CC1. The van der Waals surface area contributed by atoms with Crippen molar-refractivity contribution in [1.29, 1.82) is 0 Å². The van der Waals surface area contributed by atoms with Gasteiger partial charge >= 0.3 is 0 Å². The summed E-state index contributed by atoms with van der Waals surface area (Å²) in [5, 5.41) is 3.34. The van der Waals surface area contributed by atoms with Gasteiger partial charge in [-0.1, -0.05) is 25.7 Å². The van der Waals surface area contributed by atoms with E-state index >= 15 is 0 Å². The number of carbonyl (C=O) groups is 2. The molecule has 6 heteroatoms. The predicted octanol–water partition coefficient (Wildman–Crippen LogP) is 1.49. The van der Waals surface area contributed by atoms with Crippen LogP contribution in [0.4, 0.5) is 0 Å². The summed E-state index contributed by atoms with van der Waals surface area (Å²) in [6.45, 7) is 4.12. The van der Waals surface area contributed by atoms with E-state index in [9.17, 15) is 9.59 Å². The van der Waals surface area contributed by atoms with Gasteiger partial charge in [-0.3, -0.25) is 19.4 Å². The number of nitrogens with one attached hydrogen (secondary N) is 1. The van der Waals surface area contributed by atoms with Crippen molar-refractivity contribution in [2.24, 2.45) is 11.7 Å². The molecule has 3 rings (SSSR count). The molecular formula is C20H36N4O2. The van der Waals surface area contributed by atoms with Gasteiger partial charge in [0.05, 0.1) is 6.54 Å². The quantitative estimate of drug-likeness (QED) is 0.725. The van der Waals surface area contributed by atoms with Gasteiger partial charge in [0.15, 0.2) is 0 Å². The van der Waals surface area contributed by atoms with Gasteiger partial charge in [-0.15, -0.1) is 0 Å². The molecule has 2 amide bonds. The van der Waals surface area contributed by atoms with Gasteiger partial charge in [0, 0.05) is 24.5 Å². The van der Waals surface area contributed by atoms with Crippen LogP contribution in [-0.2, 0) is 9.59 Å². The smallest absolute Gasteiger partial charge is 0.231 e. The topological polar surface area (TPSA) is 78.7 Å². The Kier molecular flexibility index (Phi) is 7.32. The zero-order valence-corrected chi connectivity index (χ0v) is 16.1. The van der Waals surface area contributed by atoms with Gasteiger partial charge in [-0.25, -0.2) is 0 Å². The van der Waals surface area contributed by atoms with Crippen molar-refractivity contribution in [3.63, 3.8) is 0 Å². The minimum Gasteiger partial charge on any atom is -0.369 e. The van der Waals surface area contributed by atoms with Crippen LogP contribution >= 0.6 is 0 Å². The molecule has 0 radical (unpaired) electrons. The van der Waals surface area contributed by atoms with Crippen LogP contribution in [-0.4, -0.2) is 66.4 Å². The maximum Gasteiger partial charge on any atom is 0.231 e. The molecule has 0 unspecified atom stereocenters. The molecule has 0 aromatic heterocycles. The standard InChI is InChI=1S/C20H36N4O2/c21-19(25)15-23-12-9-16(10-13-23)20(26)22-17-6-5-11-24(14-17)18-7-3-1-2-4-8-18/h16-18H,1-15H2,(H2,21,25)(H,22,26)/t17-/m1/s1. The molecule has 0 aromatic carbocycles. The molecule has 6 nitrogen and oxygen atoms in total. The Hall–Kier alpha value is -1.14. The summed E-state index contributed by atoms with van der Waals surface area (Å²) < 4.78 is 0. The van der Waals surface area contributed by atoms with Crippen molar-refractivity contribution in [1.82, 2.24) is 15.1 Å². The highest BCUT2D eigenvalue weighted by atomic mass is 16.2. The van der Waals surface area contributed by atoms with Gasteiger partial charge in [0.1, 0.15) is 0 Å². The first-order valence-corrected chi connectivity index (χ1v) is 10.7. The highest BCUT2D eigenvalue weighted by Gasteiger charge is 2.30. The minimum absolute atomic E-state index is 0.0902. The fourth-order valence-corrected chi connectivity index (χ4v) is 4.97. The molecule has 1 aliphatic carbocycles. The van der Waals surface area contributed by atoms with Crippen molar-refractivity contribution < 1.29 is 9.59 Å². The lowest BCUT2D eigenvalue weighted by atomic mass is 9.94. The van der Waals surface area contributed by atoms with Crippen LogP contribution in [0.3, 0.4) is 0 Å². The van der Waals surface area contributed by atoms with Crippen molar-refractivity contribution in [3.05, 3.63) is 0 Å². The van der Waals surface area contributed by atoms with Crippen LogP contribution in [0.5, 0.6) is 0 Å². The predicted molar refractivity (Wildman–Crippen MR) is 103 cm³/mol. The highest BCUT2D eigenvalue weighted by molar-refractivity contribution is 5.79. The normalized spacial score (nSPS) is 27.8. The molecule has 148 valence electrons. The van der Waals surface area contributed by atoms with Crippen LogP contribution in [0.15, 0.2) is 0 Å². The maximum absolute atomic E-state index is 12.7. The summed E-state index contributed by atoms with van der Waals surface area (Å²) in [6, 6.07) is 1.04. The van der Waals surface area contributed by atoms with Crippen molar-refractivity contribution >= 4 is 11.8 Å². The molecule has 0 spiro atoms. The lowest BCUT2D eigenvalue weighted by Crippen LogP contribution is -2.52. The molecule has 0 bridgehead atoms. The molecule has 2 saturated heterocycles. The molecule has 26 heavy (non-hydrogen) atoms. The first kappa shape index (κ1) is 19.6. The molecule has 2 heterocycles. The Balaban J connectivity index is 1.43. The second-order valence-electron chi connectivity index (χ2n) is 8.50. The molecule has 3 fully saturated rings. The van der Waals surface area contributed by atoms with E-state index in [4.69, 9.17) is 5.73 Å². The molecule has 1 atom stereocenters. The van der Waals surface area contributed by atoms with E-state index in [2.05, 4.69) is 15.1 Å². The maximum atomic E-state index is 12.7. The first-order valence-electron chi connectivity index (χ1n) is 10.7. The van der Waals surface area contributed by atoms with E-state index < -0.39 is 0 Å². The number of hydrogen-bond donors (Lipinski definition) is 2. The average molecular weight is 365 g/mol. The summed E-state index contributed by atoms with van der Waals surface area (Å²) in [7, 11) is 0. The Bertz CT molecular complexity index is 468. The minimum atomic E-state index is -0.284. The Morgan fingerprint density at radius 2 is 1.58 bits per heavy atom. The lowest BCUT2D eigenvalue weighted by Gasteiger charge is -2.39. The van der Waals surface area contributed by atoms with E-state index in [0.29, 0.717) is 12.6 Å². The fraction of sp³-hybridized carbons (Fsp3) is 0.900. The third-order valence-electron chi connectivity index (χ3n) is 6.48.